The highest BCUT2D eigenvalue weighted by atomic mass is 16.5. The van der Waals surface area contributed by atoms with Crippen LogP contribution in [0.2, 0.25) is 0 Å². The molecule has 1 aromatic heterocycles. The van der Waals surface area contributed by atoms with Crippen molar-refractivity contribution >= 4 is 5.91 Å². The van der Waals surface area contributed by atoms with Crippen molar-refractivity contribution in [3.05, 3.63) is 11.7 Å². The van der Waals surface area contributed by atoms with E-state index in [1.54, 1.807) is 0 Å². The van der Waals surface area contributed by atoms with Crippen LogP contribution >= 0.6 is 0 Å². The second-order valence-electron chi connectivity index (χ2n) is 7.16. The van der Waals surface area contributed by atoms with E-state index in [0.29, 0.717) is 30.1 Å². The number of likely N-dealkylation sites (tertiary alicyclic amines) is 2. The summed E-state index contributed by atoms with van der Waals surface area (Å²) in [7, 11) is 2.12. The number of carbonyl (C=O) groups is 1. The first kappa shape index (κ1) is 15.1. The van der Waals surface area contributed by atoms with Gasteiger partial charge in [-0.1, -0.05) is 5.16 Å². The summed E-state index contributed by atoms with van der Waals surface area (Å²) in [6.07, 6.45) is 2.83. The Morgan fingerprint density at radius 2 is 2.04 bits per heavy atom. The van der Waals surface area contributed by atoms with Crippen LogP contribution in [-0.4, -0.2) is 65.2 Å². The monoisotopic (exact) mass is 320 g/mol. The third-order valence-corrected chi connectivity index (χ3v) is 5.44. The molecule has 4 heterocycles. The minimum atomic E-state index is -0.105. The number of nitrogens with zero attached hydrogens (tertiary/aromatic N) is 4. The van der Waals surface area contributed by atoms with Gasteiger partial charge in [0.1, 0.15) is 6.10 Å². The number of aromatic nitrogens is 2. The van der Waals surface area contributed by atoms with Gasteiger partial charge in [0.25, 0.3) is 5.89 Å². The van der Waals surface area contributed by atoms with E-state index in [9.17, 15) is 4.79 Å². The normalized spacial score (nSPS) is 32.4. The highest BCUT2D eigenvalue weighted by molar-refractivity contribution is 5.79. The lowest BCUT2D eigenvalue weighted by atomic mass is 9.95. The molecule has 3 aliphatic heterocycles. The van der Waals surface area contributed by atoms with Crippen molar-refractivity contribution in [2.45, 2.75) is 38.4 Å². The molecule has 0 aromatic carbocycles. The Kier molecular flexibility index (Phi) is 3.85. The molecule has 0 radical (unpaired) electrons. The van der Waals surface area contributed by atoms with Gasteiger partial charge in [-0.05, 0) is 46.3 Å². The Bertz CT molecular complexity index is 568. The number of hydrogen-bond donors (Lipinski definition) is 0. The van der Waals surface area contributed by atoms with Gasteiger partial charge in [-0.25, -0.2) is 0 Å². The maximum absolute atomic E-state index is 12.7. The molecular weight excluding hydrogens is 296 g/mol. The van der Waals surface area contributed by atoms with Crippen molar-refractivity contribution in [3.63, 3.8) is 0 Å². The highest BCUT2D eigenvalue weighted by Gasteiger charge is 2.46. The molecule has 0 unspecified atom stereocenters. The molecule has 7 heteroatoms. The SMILES string of the molecule is Cc1noc([C@H]2C[C@@H]3CN(C(=O)C4CCN(C)CC4)C[C@@H]3O2)n1. The van der Waals surface area contributed by atoms with Gasteiger partial charge in [0, 0.05) is 24.9 Å². The van der Waals surface area contributed by atoms with Crippen LogP contribution in [0.4, 0.5) is 0 Å². The molecule has 3 fully saturated rings. The lowest BCUT2D eigenvalue weighted by molar-refractivity contribution is -0.137. The Hall–Kier alpha value is -1.47. The van der Waals surface area contributed by atoms with Crippen molar-refractivity contribution < 1.29 is 14.1 Å². The molecule has 126 valence electrons. The van der Waals surface area contributed by atoms with Crippen LogP contribution in [0.15, 0.2) is 4.52 Å². The minimum absolute atomic E-state index is 0.105. The van der Waals surface area contributed by atoms with E-state index in [-0.39, 0.29) is 18.1 Å². The third-order valence-electron chi connectivity index (χ3n) is 5.44. The number of ether oxygens (including phenoxy) is 1. The van der Waals surface area contributed by atoms with E-state index in [1.165, 1.54) is 0 Å². The lowest BCUT2D eigenvalue weighted by Gasteiger charge is -2.31. The molecule has 0 spiro atoms. The molecule has 3 atom stereocenters. The standard InChI is InChI=1S/C16H24N4O3/c1-10-17-15(23-18-10)13-7-12-8-20(9-14(12)22-13)16(21)11-3-5-19(2)6-4-11/h11-14H,3-9H2,1-2H3/t12-,13-,14+/m1/s1. The van der Waals surface area contributed by atoms with Gasteiger partial charge in [0.2, 0.25) is 5.91 Å². The smallest absolute Gasteiger partial charge is 0.255 e. The molecule has 23 heavy (non-hydrogen) atoms. The number of aryl methyl sites for hydroxylation is 1. The van der Waals surface area contributed by atoms with Crippen molar-refractivity contribution in [3.8, 4) is 0 Å². The van der Waals surface area contributed by atoms with E-state index in [0.717, 1.165) is 38.9 Å². The number of amides is 1. The van der Waals surface area contributed by atoms with Crippen molar-refractivity contribution in [2.24, 2.45) is 11.8 Å². The van der Waals surface area contributed by atoms with Crippen LogP contribution in [0.1, 0.15) is 37.1 Å². The first-order valence-corrected chi connectivity index (χ1v) is 8.53. The second-order valence-corrected chi connectivity index (χ2v) is 7.16. The van der Waals surface area contributed by atoms with Crippen LogP contribution < -0.4 is 0 Å². The number of rotatable bonds is 2. The fraction of sp³-hybridized carbons (Fsp3) is 0.812. The predicted molar refractivity (Wildman–Crippen MR) is 81.6 cm³/mol. The Balaban J connectivity index is 1.34. The van der Waals surface area contributed by atoms with Crippen LogP contribution in [0, 0.1) is 18.8 Å². The molecule has 3 saturated heterocycles. The number of fused-ring (bicyclic) bond motifs is 1. The summed E-state index contributed by atoms with van der Waals surface area (Å²) in [6, 6.07) is 0. The average Bonchev–Trinajstić information content (AvgIpc) is 3.21. The van der Waals surface area contributed by atoms with E-state index < -0.39 is 0 Å². The molecule has 0 aliphatic carbocycles. The largest absolute Gasteiger partial charge is 0.363 e. The maximum Gasteiger partial charge on any atom is 0.255 e. The summed E-state index contributed by atoms with van der Waals surface area (Å²) in [5.74, 6) is 2.12. The fourth-order valence-corrected chi connectivity index (χ4v) is 4.06. The second kappa shape index (κ2) is 5.87. The Morgan fingerprint density at radius 3 is 2.70 bits per heavy atom. The van der Waals surface area contributed by atoms with Gasteiger partial charge in [-0.15, -0.1) is 0 Å². The molecule has 1 aromatic rings. The van der Waals surface area contributed by atoms with Gasteiger partial charge >= 0.3 is 0 Å². The van der Waals surface area contributed by atoms with Gasteiger partial charge in [0.05, 0.1) is 6.10 Å². The Labute approximate surface area is 136 Å². The lowest BCUT2D eigenvalue weighted by Crippen LogP contribution is -2.41. The first-order chi connectivity index (χ1) is 11.1. The third kappa shape index (κ3) is 2.87. The van der Waals surface area contributed by atoms with Crippen LogP contribution in [0.3, 0.4) is 0 Å². The van der Waals surface area contributed by atoms with Crippen molar-refractivity contribution in [1.82, 2.24) is 19.9 Å². The van der Waals surface area contributed by atoms with Crippen LogP contribution in [-0.2, 0) is 9.53 Å². The molecule has 1 amide bonds. The molecule has 0 bridgehead atoms. The first-order valence-electron chi connectivity index (χ1n) is 8.53. The zero-order valence-electron chi connectivity index (χ0n) is 13.8. The van der Waals surface area contributed by atoms with E-state index >= 15 is 0 Å². The summed E-state index contributed by atoms with van der Waals surface area (Å²) in [5, 5.41) is 3.83. The maximum atomic E-state index is 12.7. The van der Waals surface area contributed by atoms with E-state index in [2.05, 4.69) is 22.1 Å². The zero-order chi connectivity index (χ0) is 16.0. The fourth-order valence-electron chi connectivity index (χ4n) is 4.06. The summed E-state index contributed by atoms with van der Waals surface area (Å²) >= 11 is 0. The van der Waals surface area contributed by atoms with Crippen molar-refractivity contribution in [1.29, 1.82) is 0 Å². The van der Waals surface area contributed by atoms with Crippen molar-refractivity contribution in [2.75, 3.05) is 33.2 Å². The predicted octanol–water partition coefficient (Wildman–Crippen LogP) is 1.01. The van der Waals surface area contributed by atoms with Gasteiger partial charge in [0.15, 0.2) is 5.82 Å². The molecular formula is C16H24N4O3. The summed E-state index contributed by atoms with van der Waals surface area (Å²) < 4.78 is 11.3. The minimum Gasteiger partial charge on any atom is -0.363 e. The molecule has 0 N–H and O–H groups in total. The molecule has 0 saturated carbocycles. The van der Waals surface area contributed by atoms with Crippen LogP contribution in [0.5, 0.6) is 0 Å². The average molecular weight is 320 g/mol. The van der Waals surface area contributed by atoms with Gasteiger partial charge in [-0.3, -0.25) is 4.79 Å². The van der Waals surface area contributed by atoms with E-state index in [1.807, 2.05) is 11.8 Å². The highest BCUT2D eigenvalue weighted by Crippen LogP contribution is 2.40. The zero-order valence-corrected chi connectivity index (χ0v) is 13.8. The Morgan fingerprint density at radius 1 is 1.26 bits per heavy atom. The van der Waals surface area contributed by atoms with E-state index in [4.69, 9.17) is 9.26 Å². The number of carbonyl (C=O) groups excluding carboxylic acids is 1. The quantitative estimate of drug-likeness (QED) is 0.810. The number of piperidine rings is 1. The van der Waals surface area contributed by atoms with Gasteiger partial charge < -0.3 is 19.1 Å². The summed E-state index contributed by atoms with van der Waals surface area (Å²) in [4.78, 5) is 21.3. The van der Waals surface area contributed by atoms with Gasteiger partial charge in [-0.2, -0.15) is 4.98 Å². The van der Waals surface area contributed by atoms with Crippen LogP contribution in [0.25, 0.3) is 0 Å². The molecule has 3 aliphatic rings. The molecule has 7 nitrogen and oxygen atoms in total. The number of hydrogen-bond acceptors (Lipinski definition) is 6. The summed E-state index contributed by atoms with van der Waals surface area (Å²) in [6.45, 7) is 5.36. The topological polar surface area (TPSA) is 71.7 Å². The summed E-state index contributed by atoms with van der Waals surface area (Å²) in [5.41, 5.74) is 0. The molecule has 4 rings (SSSR count).